The van der Waals surface area contributed by atoms with Crippen molar-refractivity contribution in [3.8, 4) is 0 Å². The molecule has 3 rings (SSSR count). The molecule has 6 heteroatoms. The average molecular weight is 272 g/mol. The van der Waals surface area contributed by atoms with Gasteiger partial charge in [0.1, 0.15) is 17.4 Å². The molecular formula is C13H10ClN5. The van der Waals surface area contributed by atoms with Gasteiger partial charge < -0.3 is 5.32 Å². The van der Waals surface area contributed by atoms with Crippen LogP contribution in [-0.4, -0.2) is 19.9 Å². The number of benzene rings is 1. The van der Waals surface area contributed by atoms with Gasteiger partial charge in [-0.05, 0) is 17.7 Å². The minimum absolute atomic E-state index is 0.553. The van der Waals surface area contributed by atoms with Crippen LogP contribution < -0.4 is 5.32 Å². The SMILES string of the molecule is Clc1ccc(CNc2ncc3ncncc3n2)cc1. The summed E-state index contributed by atoms with van der Waals surface area (Å²) in [6.45, 7) is 0.635. The molecular weight excluding hydrogens is 262 g/mol. The fourth-order valence-electron chi connectivity index (χ4n) is 1.65. The first-order valence-electron chi connectivity index (χ1n) is 5.72. The van der Waals surface area contributed by atoms with Crippen LogP contribution >= 0.6 is 11.6 Å². The maximum atomic E-state index is 5.84. The molecule has 0 fully saturated rings. The number of fused-ring (bicyclic) bond motifs is 1. The molecule has 19 heavy (non-hydrogen) atoms. The minimum Gasteiger partial charge on any atom is -0.350 e. The van der Waals surface area contributed by atoms with Crippen molar-refractivity contribution in [2.45, 2.75) is 6.54 Å². The van der Waals surface area contributed by atoms with Crippen molar-refractivity contribution in [2.24, 2.45) is 0 Å². The molecule has 2 heterocycles. The summed E-state index contributed by atoms with van der Waals surface area (Å²) in [5.41, 5.74) is 2.56. The predicted molar refractivity (Wildman–Crippen MR) is 73.9 cm³/mol. The van der Waals surface area contributed by atoms with Gasteiger partial charge in [-0.1, -0.05) is 23.7 Å². The smallest absolute Gasteiger partial charge is 0.223 e. The zero-order valence-corrected chi connectivity index (χ0v) is 10.7. The number of rotatable bonds is 3. The Kier molecular flexibility index (Phi) is 3.20. The first-order valence-corrected chi connectivity index (χ1v) is 6.10. The van der Waals surface area contributed by atoms with Gasteiger partial charge in [0.05, 0.1) is 12.4 Å². The number of anilines is 1. The second kappa shape index (κ2) is 5.16. The second-order valence-corrected chi connectivity index (χ2v) is 4.40. The molecule has 0 radical (unpaired) electrons. The molecule has 0 saturated heterocycles. The van der Waals surface area contributed by atoms with Crippen LogP contribution in [0.1, 0.15) is 5.56 Å². The summed E-state index contributed by atoms with van der Waals surface area (Å²) >= 11 is 5.84. The molecule has 1 aromatic carbocycles. The molecule has 5 nitrogen and oxygen atoms in total. The fraction of sp³-hybridized carbons (Fsp3) is 0.0769. The number of hydrogen-bond donors (Lipinski definition) is 1. The van der Waals surface area contributed by atoms with Gasteiger partial charge >= 0.3 is 0 Å². The fourth-order valence-corrected chi connectivity index (χ4v) is 1.78. The van der Waals surface area contributed by atoms with Gasteiger partial charge in [-0.15, -0.1) is 0 Å². The summed E-state index contributed by atoms with van der Waals surface area (Å²) in [5.74, 6) is 0.553. The highest BCUT2D eigenvalue weighted by molar-refractivity contribution is 6.30. The molecule has 0 spiro atoms. The van der Waals surface area contributed by atoms with Gasteiger partial charge in [0.15, 0.2) is 0 Å². The summed E-state index contributed by atoms with van der Waals surface area (Å²) < 4.78 is 0. The van der Waals surface area contributed by atoms with E-state index in [1.165, 1.54) is 6.33 Å². The maximum absolute atomic E-state index is 5.84. The van der Waals surface area contributed by atoms with E-state index < -0.39 is 0 Å². The first-order chi connectivity index (χ1) is 9.31. The maximum Gasteiger partial charge on any atom is 0.223 e. The Labute approximate surface area is 114 Å². The third kappa shape index (κ3) is 2.77. The summed E-state index contributed by atoms with van der Waals surface area (Å²) in [6, 6.07) is 7.63. The van der Waals surface area contributed by atoms with Crippen molar-refractivity contribution in [3.05, 3.63) is 53.6 Å². The van der Waals surface area contributed by atoms with Crippen molar-refractivity contribution in [1.29, 1.82) is 0 Å². The van der Waals surface area contributed by atoms with Crippen LogP contribution in [0.3, 0.4) is 0 Å². The Morgan fingerprint density at radius 3 is 2.68 bits per heavy atom. The van der Waals surface area contributed by atoms with E-state index in [1.54, 1.807) is 12.4 Å². The first kappa shape index (κ1) is 11.8. The van der Waals surface area contributed by atoms with Crippen LogP contribution in [0, 0.1) is 0 Å². The lowest BCUT2D eigenvalue weighted by Crippen LogP contribution is -2.03. The number of aromatic nitrogens is 4. The molecule has 0 aliphatic carbocycles. The summed E-state index contributed by atoms with van der Waals surface area (Å²) in [5, 5.41) is 3.88. The number of nitrogens with zero attached hydrogens (tertiary/aromatic N) is 4. The molecule has 0 amide bonds. The zero-order chi connectivity index (χ0) is 13.1. The van der Waals surface area contributed by atoms with Crippen LogP contribution in [0.15, 0.2) is 43.0 Å². The van der Waals surface area contributed by atoms with Crippen LogP contribution in [-0.2, 0) is 6.54 Å². The summed E-state index contributed by atoms with van der Waals surface area (Å²) in [6.07, 6.45) is 4.82. The van der Waals surface area contributed by atoms with Gasteiger partial charge in [-0.2, -0.15) is 0 Å². The minimum atomic E-state index is 0.553. The van der Waals surface area contributed by atoms with Gasteiger partial charge in [-0.25, -0.2) is 19.9 Å². The highest BCUT2D eigenvalue weighted by Gasteiger charge is 2.00. The number of hydrogen-bond acceptors (Lipinski definition) is 5. The molecule has 2 aromatic heterocycles. The standard InChI is InChI=1S/C13H10ClN5/c14-10-3-1-9(2-4-10)5-16-13-17-7-11-12(19-13)6-15-8-18-11/h1-4,6-8H,5H2,(H,16,17,19). The van der Waals surface area contributed by atoms with E-state index in [4.69, 9.17) is 11.6 Å². The summed E-state index contributed by atoms with van der Waals surface area (Å²) in [4.78, 5) is 16.5. The zero-order valence-electron chi connectivity index (χ0n) is 9.92. The van der Waals surface area contributed by atoms with Crippen molar-refractivity contribution >= 4 is 28.6 Å². The summed E-state index contributed by atoms with van der Waals surface area (Å²) in [7, 11) is 0. The highest BCUT2D eigenvalue weighted by Crippen LogP contribution is 2.12. The van der Waals surface area contributed by atoms with Crippen LogP contribution in [0.5, 0.6) is 0 Å². The van der Waals surface area contributed by atoms with Gasteiger partial charge in [0.2, 0.25) is 5.95 Å². The Bertz CT molecular complexity index is 699. The van der Waals surface area contributed by atoms with Crippen molar-refractivity contribution in [1.82, 2.24) is 19.9 Å². The monoisotopic (exact) mass is 271 g/mol. The Hall–Kier alpha value is -2.27. The largest absolute Gasteiger partial charge is 0.350 e. The lowest BCUT2D eigenvalue weighted by atomic mass is 10.2. The molecule has 0 atom stereocenters. The van der Waals surface area contributed by atoms with E-state index in [-0.39, 0.29) is 0 Å². The average Bonchev–Trinajstić information content (AvgIpc) is 2.46. The third-order valence-electron chi connectivity index (χ3n) is 2.62. The molecule has 0 bridgehead atoms. The number of halogens is 1. The lowest BCUT2D eigenvalue weighted by molar-refractivity contribution is 1.06. The second-order valence-electron chi connectivity index (χ2n) is 3.97. The molecule has 0 aliphatic rings. The topological polar surface area (TPSA) is 63.6 Å². The van der Waals surface area contributed by atoms with Gasteiger partial charge in [0, 0.05) is 11.6 Å². The molecule has 0 saturated carbocycles. The third-order valence-corrected chi connectivity index (χ3v) is 2.87. The van der Waals surface area contributed by atoms with E-state index >= 15 is 0 Å². The molecule has 0 unspecified atom stereocenters. The van der Waals surface area contributed by atoms with E-state index in [1.807, 2.05) is 24.3 Å². The van der Waals surface area contributed by atoms with Crippen LogP contribution in [0.2, 0.25) is 5.02 Å². The predicted octanol–water partition coefficient (Wildman–Crippen LogP) is 2.69. The Morgan fingerprint density at radius 1 is 1.00 bits per heavy atom. The van der Waals surface area contributed by atoms with Crippen molar-refractivity contribution in [2.75, 3.05) is 5.32 Å². The van der Waals surface area contributed by atoms with Crippen molar-refractivity contribution < 1.29 is 0 Å². The molecule has 1 N–H and O–H groups in total. The van der Waals surface area contributed by atoms with E-state index in [0.29, 0.717) is 12.5 Å². The molecule has 94 valence electrons. The van der Waals surface area contributed by atoms with E-state index in [2.05, 4.69) is 25.3 Å². The van der Waals surface area contributed by atoms with E-state index in [0.717, 1.165) is 21.6 Å². The lowest BCUT2D eigenvalue weighted by Gasteiger charge is -2.05. The van der Waals surface area contributed by atoms with Crippen molar-refractivity contribution in [3.63, 3.8) is 0 Å². The van der Waals surface area contributed by atoms with E-state index in [9.17, 15) is 0 Å². The molecule has 3 aromatic rings. The number of nitrogens with one attached hydrogen (secondary N) is 1. The molecule has 0 aliphatic heterocycles. The Balaban J connectivity index is 1.76. The van der Waals surface area contributed by atoms with Gasteiger partial charge in [-0.3, -0.25) is 0 Å². The highest BCUT2D eigenvalue weighted by atomic mass is 35.5. The quantitative estimate of drug-likeness (QED) is 0.793. The van der Waals surface area contributed by atoms with Crippen LogP contribution in [0.4, 0.5) is 5.95 Å². The Morgan fingerprint density at radius 2 is 1.84 bits per heavy atom. The van der Waals surface area contributed by atoms with Gasteiger partial charge in [0.25, 0.3) is 0 Å². The van der Waals surface area contributed by atoms with Crippen LogP contribution in [0.25, 0.3) is 11.0 Å². The normalized spacial score (nSPS) is 10.6.